The molecule has 1 heterocycles. The Hall–Kier alpha value is -1.20. The number of hydrogen-bond acceptors (Lipinski definition) is 4. The first kappa shape index (κ1) is 26.8. The smallest absolute Gasteiger partial charge is 0.233 e. The quantitative estimate of drug-likeness (QED) is 0.430. The monoisotopic (exact) mass is 435 g/mol. The van der Waals surface area contributed by atoms with Crippen LogP contribution in [0.2, 0.25) is 0 Å². The van der Waals surface area contributed by atoms with Gasteiger partial charge in [0.2, 0.25) is 5.91 Å². The number of primary amides is 1. The number of hydrogen-bond donors (Lipinski definition) is 3. The molecule has 0 aromatic heterocycles. The van der Waals surface area contributed by atoms with Crippen LogP contribution in [0.1, 0.15) is 86.0 Å². The summed E-state index contributed by atoms with van der Waals surface area (Å²) in [7, 11) is 0. The molecule has 2 fully saturated rings. The third kappa shape index (κ3) is 9.30. The highest BCUT2D eigenvalue weighted by molar-refractivity contribution is 8.05. The maximum Gasteiger partial charge on any atom is 0.233 e. The molecule has 0 aromatic carbocycles. The number of carbonyl (C=O) groups is 1. The highest BCUT2D eigenvalue weighted by atomic mass is 32.2. The molecule has 0 spiro atoms. The zero-order valence-electron chi connectivity index (χ0n) is 20.0. The van der Waals surface area contributed by atoms with Crippen LogP contribution in [0.5, 0.6) is 0 Å². The summed E-state index contributed by atoms with van der Waals surface area (Å²) in [6, 6.07) is 0.511. The molecule has 0 aromatic rings. The fraction of sp³-hybridized carbons (Fsp3) is 0.720. The molecule has 0 atom stereocenters. The van der Waals surface area contributed by atoms with E-state index in [1.54, 1.807) is 6.08 Å². The van der Waals surface area contributed by atoms with E-state index in [4.69, 9.17) is 5.73 Å². The maximum atomic E-state index is 11.6. The molecule has 1 aliphatic heterocycles. The van der Waals surface area contributed by atoms with E-state index in [0.29, 0.717) is 11.5 Å². The van der Waals surface area contributed by atoms with Gasteiger partial charge in [-0.05, 0) is 71.0 Å². The van der Waals surface area contributed by atoms with Gasteiger partial charge in [0.1, 0.15) is 0 Å². The minimum atomic E-state index is -0.629. The van der Waals surface area contributed by atoms with E-state index in [2.05, 4.69) is 31.1 Å². The molecule has 2 rings (SSSR count). The van der Waals surface area contributed by atoms with Crippen molar-refractivity contribution < 1.29 is 4.79 Å². The van der Waals surface area contributed by atoms with Crippen LogP contribution in [-0.2, 0) is 4.79 Å². The second-order valence-corrected chi connectivity index (χ2v) is 11.0. The lowest BCUT2D eigenvalue weighted by Crippen LogP contribution is -2.36. The molecule has 1 aliphatic carbocycles. The van der Waals surface area contributed by atoms with E-state index >= 15 is 0 Å². The van der Waals surface area contributed by atoms with Gasteiger partial charge >= 0.3 is 0 Å². The second-order valence-electron chi connectivity index (χ2n) is 9.34. The van der Waals surface area contributed by atoms with Crippen molar-refractivity contribution in [2.45, 2.75) is 96.8 Å². The molecule has 0 unspecified atom stereocenters. The molecule has 172 valence electrons. The Morgan fingerprint density at radius 3 is 2.30 bits per heavy atom. The average molecular weight is 436 g/mol. The number of piperidine rings is 1. The fourth-order valence-corrected chi connectivity index (χ4v) is 4.77. The third-order valence-electron chi connectivity index (χ3n) is 6.40. The van der Waals surface area contributed by atoms with Crippen molar-refractivity contribution in [1.29, 1.82) is 0 Å². The van der Waals surface area contributed by atoms with Crippen molar-refractivity contribution in [3.8, 4) is 0 Å². The molecular weight excluding hydrogens is 390 g/mol. The van der Waals surface area contributed by atoms with Crippen LogP contribution in [0.25, 0.3) is 0 Å². The second kappa shape index (κ2) is 13.3. The van der Waals surface area contributed by atoms with Crippen LogP contribution in [0.15, 0.2) is 35.4 Å². The minimum absolute atomic E-state index is 0.303. The molecule has 4 nitrogen and oxygen atoms in total. The topological polar surface area (TPSA) is 67.1 Å². The highest BCUT2D eigenvalue weighted by Gasteiger charge is 2.28. The molecule has 1 saturated carbocycles. The number of allylic oxidation sites excluding steroid dienone is 3. The third-order valence-corrected chi connectivity index (χ3v) is 7.79. The number of rotatable bonds is 8. The van der Waals surface area contributed by atoms with E-state index in [1.807, 2.05) is 32.9 Å². The molecule has 0 bridgehead atoms. The molecule has 0 radical (unpaired) electrons. The summed E-state index contributed by atoms with van der Waals surface area (Å²) in [5, 5.41) is 6.99. The van der Waals surface area contributed by atoms with Crippen molar-refractivity contribution in [1.82, 2.24) is 10.6 Å². The van der Waals surface area contributed by atoms with Gasteiger partial charge in [0.15, 0.2) is 0 Å². The Kier molecular flexibility index (Phi) is 11.9. The summed E-state index contributed by atoms with van der Waals surface area (Å²) < 4.78 is -0.629. The Labute approximate surface area is 189 Å². The van der Waals surface area contributed by atoms with Crippen molar-refractivity contribution in [2.24, 2.45) is 11.1 Å². The summed E-state index contributed by atoms with van der Waals surface area (Å²) in [6.45, 7) is 16.6. The van der Waals surface area contributed by atoms with E-state index in [-0.39, 0.29) is 5.91 Å². The van der Waals surface area contributed by atoms with Gasteiger partial charge in [0.05, 0.1) is 4.75 Å². The van der Waals surface area contributed by atoms with E-state index in [9.17, 15) is 4.79 Å². The van der Waals surface area contributed by atoms with Crippen LogP contribution in [-0.4, -0.2) is 29.8 Å². The van der Waals surface area contributed by atoms with Gasteiger partial charge in [-0.15, -0.1) is 11.8 Å². The van der Waals surface area contributed by atoms with Crippen LogP contribution >= 0.6 is 11.8 Å². The summed E-state index contributed by atoms with van der Waals surface area (Å²) in [5.74, 6) is -0.303. The van der Waals surface area contributed by atoms with Crippen LogP contribution in [0.3, 0.4) is 0 Å². The van der Waals surface area contributed by atoms with Gasteiger partial charge < -0.3 is 16.4 Å². The molecule has 1 amide bonds. The first-order valence-corrected chi connectivity index (χ1v) is 12.4. The predicted octanol–water partition coefficient (Wildman–Crippen LogP) is 5.67. The van der Waals surface area contributed by atoms with Crippen molar-refractivity contribution in [3.63, 3.8) is 0 Å². The normalized spacial score (nSPS) is 20.7. The Bertz CT molecular complexity index is 598. The van der Waals surface area contributed by atoms with E-state index < -0.39 is 4.75 Å². The van der Waals surface area contributed by atoms with Crippen molar-refractivity contribution in [2.75, 3.05) is 13.1 Å². The number of amides is 1. The zero-order chi connectivity index (χ0) is 22.6. The van der Waals surface area contributed by atoms with Gasteiger partial charge in [-0.3, -0.25) is 4.79 Å². The van der Waals surface area contributed by atoms with Gasteiger partial charge in [-0.1, -0.05) is 58.3 Å². The van der Waals surface area contributed by atoms with E-state index in [1.165, 1.54) is 76.2 Å². The molecule has 5 heteroatoms. The maximum absolute atomic E-state index is 11.6. The van der Waals surface area contributed by atoms with Crippen molar-refractivity contribution in [3.05, 3.63) is 35.4 Å². The number of nitrogens with one attached hydrogen (secondary N) is 2. The summed E-state index contributed by atoms with van der Waals surface area (Å²) in [5.41, 5.74) is 7.18. The lowest BCUT2D eigenvalue weighted by Gasteiger charge is -2.32. The first-order valence-electron chi connectivity index (χ1n) is 11.6. The largest absolute Gasteiger partial charge is 0.381 e. The lowest BCUT2D eigenvalue weighted by atomic mass is 9.79. The Morgan fingerprint density at radius 1 is 1.27 bits per heavy atom. The number of nitrogens with two attached hydrogens (primary N) is 1. The van der Waals surface area contributed by atoms with Crippen molar-refractivity contribution >= 4 is 17.7 Å². The Morgan fingerprint density at radius 2 is 1.87 bits per heavy atom. The average Bonchev–Trinajstić information content (AvgIpc) is 2.73. The molecule has 1 saturated heterocycles. The molecular formula is C25H45N3OS. The van der Waals surface area contributed by atoms with Crippen LogP contribution in [0, 0.1) is 5.41 Å². The highest BCUT2D eigenvalue weighted by Crippen LogP contribution is 2.35. The SMILES string of the molecule is C=C/C=C(NC1CCCCC1)\C(=C/C)SC(C)(C)C(N)=O.CCC1(C)CCNCC1. The van der Waals surface area contributed by atoms with Gasteiger partial charge in [-0.25, -0.2) is 0 Å². The van der Waals surface area contributed by atoms with E-state index in [0.717, 1.165) is 10.6 Å². The van der Waals surface area contributed by atoms with Crippen LogP contribution in [0.4, 0.5) is 0 Å². The minimum Gasteiger partial charge on any atom is -0.381 e. The summed E-state index contributed by atoms with van der Waals surface area (Å²) in [6.07, 6.45) is 16.2. The standard InChI is InChI=1S/C17H28N2OS.C8H17N/c1-5-10-14(19-13-11-8-7-9-12-13)15(6-2)21-17(3,4)16(18)20;1-3-8(2)4-6-9-7-5-8/h5-6,10,13,19H,1,7-9,11-12H2,2-4H3,(H2,18,20);9H,3-7H2,1-2H3/b14-10+,15-6+;. The Balaban J connectivity index is 0.000000414. The molecule has 2 aliphatic rings. The lowest BCUT2D eigenvalue weighted by molar-refractivity contribution is -0.119. The predicted molar refractivity (Wildman–Crippen MR) is 133 cm³/mol. The summed E-state index contributed by atoms with van der Waals surface area (Å²) >= 11 is 1.50. The van der Waals surface area contributed by atoms with Gasteiger partial charge in [-0.2, -0.15) is 0 Å². The number of thioether (sulfide) groups is 1. The van der Waals surface area contributed by atoms with Crippen LogP contribution < -0.4 is 16.4 Å². The molecule has 4 N–H and O–H groups in total. The van der Waals surface area contributed by atoms with Gasteiger partial charge in [0, 0.05) is 16.6 Å². The molecule has 30 heavy (non-hydrogen) atoms. The first-order chi connectivity index (χ1) is 14.2. The number of carbonyl (C=O) groups excluding carboxylic acids is 1. The summed E-state index contributed by atoms with van der Waals surface area (Å²) in [4.78, 5) is 12.6. The zero-order valence-corrected chi connectivity index (χ0v) is 20.8. The fourth-order valence-electron chi connectivity index (χ4n) is 3.76. The van der Waals surface area contributed by atoms with Gasteiger partial charge in [0.25, 0.3) is 0 Å².